The van der Waals surface area contributed by atoms with Gasteiger partial charge in [-0.15, -0.1) is 12.4 Å². The van der Waals surface area contributed by atoms with Crippen LogP contribution in [0.2, 0.25) is 0 Å². The number of carbonyl (C=O) groups is 1. The van der Waals surface area contributed by atoms with Crippen molar-refractivity contribution >= 4 is 18.4 Å². The summed E-state index contributed by atoms with van der Waals surface area (Å²) in [5.74, 6) is 0.280. The lowest BCUT2D eigenvalue weighted by atomic mass is 10.1. The summed E-state index contributed by atoms with van der Waals surface area (Å²) in [6.07, 6.45) is 0.220. The third-order valence-electron chi connectivity index (χ3n) is 3.44. The van der Waals surface area contributed by atoms with Gasteiger partial charge in [-0.25, -0.2) is 4.79 Å². The first-order chi connectivity index (χ1) is 12.1. The molecule has 0 heterocycles. The minimum Gasteiger partial charge on any atom is -0.491 e. The van der Waals surface area contributed by atoms with Crippen molar-refractivity contribution in [2.75, 3.05) is 26.3 Å². The van der Waals surface area contributed by atoms with Crippen molar-refractivity contribution in [1.82, 2.24) is 5.32 Å². The first kappa shape index (κ1) is 21.8. The number of ether oxygens (including phenoxy) is 2. The number of carboxylic acids is 1. The van der Waals surface area contributed by atoms with Crippen molar-refractivity contribution in [3.05, 3.63) is 60.2 Å². The molecule has 0 aliphatic heterocycles. The normalized spacial score (nSPS) is 11.3. The quantitative estimate of drug-likeness (QED) is 0.517. The Morgan fingerprint density at radius 1 is 1.00 bits per heavy atom. The molecule has 26 heavy (non-hydrogen) atoms. The standard InChI is InChI=1S/C19H23NO5.ClH/c21-16(13-24-17-4-2-1-3-5-17)12-20-11-10-15-6-8-18(9-7-15)25-14-19(22)23;/h1-9,16,20-21H,10-14H2,(H,22,23);1H/t16-;/m0./s1. The Hall–Kier alpha value is -2.28. The number of aliphatic hydroxyl groups is 1. The summed E-state index contributed by atoms with van der Waals surface area (Å²) in [7, 11) is 0. The zero-order valence-corrected chi connectivity index (χ0v) is 15.2. The van der Waals surface area contributed by atoms with Crippen LogP contribution in [0.25, 0.3) is 0 Å². The maximum Gasteiger partial charge on any atom is 0.341 e. The molecular weight excluding hydrogens is 358 g/mol. The van der Waals surface area contributed by atoms with E-state index in [1.165, 1.54) is 0 Å². The highest BCUT2D eigenvalue weighted by molar-refractivity contribution is 5.85. The summed E-state index contributed by atoms with van der Waals surface area (Å²) in [5.41, 5.74) is 1.10. The van der Waals surface area contributed by atoms with Crippen LogP contribution in [-0.4, -0.2) is 48.6 Å². The van der Waals surface area contributed by atoms with E-state index < -0.39 is 12.1 Å². The number of para-hydroxylation sites is 1. The van der Waals surface area contributed by atoms with Gasteiger partial charge in [0.1, 0.15) is 24.2 Å². The van der Waals surface area contributed by atoms with Crippen LogP contribution in [0.3, 0.4) is 0 Å². The lowest BCUT2D eigenvalue weighted by Crippen LogP contribution is -2.32. The summed E-state index contributed by atoms with van der Waals surface area (Å²) in [6.45, 7) is 1.07. The largest absolute Gasteiger partial charge is 0.491 e. The highest BCUT2D eigenvalue weighted by Crippen LogP contribution is 2.12. The van der Waals surface area contributed by atoms with E-state index in [2.05, 4.69) is 5.32 Å². The molecule has 0 fully saturated rings. The van der Waals surface area contributed by atoms with Gasteiger partial charge in [0, 0.05) is 6.54 Å². The summed E-state index contributed by atoms with van der Waals surface area (Å²) in [4.78, 5) is 10.4. The molecule has 0 unspecified atom stereocenters. The molecule has 7 heteroatoms. The van der Waals surface area contributed by atoms with Crippen molar-refractivity contribution < 1.29 is 24.5 Å². The van der Waals surface area contributed by atoms with Crippen molar-refractivity contribution in [3.63, 3.8) is 0 Å². The van der Waals surface area contributed by atoms with Gasteiger partial charge in [0.05, 0.1) is 0 Å². The average molecular weight is 382 g/mol. The Labute approximate surface area is 159 Å². The fraction of sp³-hybridized carbons (Fsp3) is 0.316. The van der Waals surface area contributed by atoms with Crippen LogP contribution in [-0.2, 0) is 11.2 Å². The zero-order chi connectivity index (χ0) is 17.9. The summed E-state index contributed by atoms with van der Waals surface area (Å²) >= 11 is 0. The van der Waals surface area contributed by atoms with Gasteiger partial charge >= 0.3 is 5.97 Å². The van der Waals surface area contributed by atoms with Gasteiger partial charge in [0.25, 0.3) is 0 Å². The molecule has 2 aromatic carbocycles. The summed E-state index contributed by atoms with van der Waals surface area (Å²) in [5, 5.41) is 21.6. The van der Waals surface area contributed by atoms with E-state index in [9.17, 15) is 9.90 Å². The summed E-state index contributed by atoms with van der Waals surface area (Å²) in [6, 6.07) is 16.7. The second-order valence-electron chi connectivity index (χ2n) is 5.56. The van der Waals surface area contributed by atoms with Crippen LogP contribution in [0.1, 0.15) is 5.56 Å². The van der Waals surface area contributed by atoms with E-state index in [1.54, 1.807) is 12.1 Å². The minimum absolute atomic E-state index is 0. The predicted octanol–water partition coefficient (Wildman–Crippen LogP) is 2.14. The van der Waals surface area contributed by atoms with E-state index in [1.807, 2.05) is 42.5 Å². The maximum absolute atomic E-state index is 10.4. The van der Waals surface area contributed by atoms with Crippen molar-refractivity contribution in [2.24, 2.45) is 0 Å². The number of nitrogens with one attached hydrogen (secondary N) is 1. The topological polar surface area (TPSA) is 88.0 Å². The van der Waals surface area contributed by atoms with Gasteiger partial charge in [0.15, 0.2) is 6.61 Å². The van der Waals surface area contributed by atoms with E-state index in [0.717, 1.165) is 24.3 Å². The second kappa shape index (κ2) is 12.1. The second-order valence-corrected chi connectivity index (χ2v) is 5.56. The number of hydrogen-bond acceptors (Lipinski definition) is 5. The molecule has 6 nitrogen and oxygen atoms in total. The van der Waals surface area contributed by atoms with Crippen molar-refractivity contribution in [2.45, 2.75) is 12.5 Å². The molecule has 142 valence electrons. The Balaban J connectivity index is 0.00000338. The Bertz CT molecular complexity index is 636. The van der Waals surface area contributed by atoms with Crippen LogP contribution < -0.4 is 14.8 Å². The Morgan fingerprint density at radius 2 is 1.65 bits per heavy atom. The molecule has 0 radical (unpaired) electrons. The maximum atomic E-state index is 10.4. The minimum atomic E-state index is -0.997. The van der Waals surface area contributed by atoms with Crippen LogP contribution in [0.4, 0.5) is 0 Å². The van der Waals surface area contributed by atoms with E-state index in [0.29, 0.717) is 12.3 Å². The average Bonchev–Trinajstić information content (AvgIpc) is 2.63. The highest BCUT2D eigenvalue weighted by atomic mass is 35.5. The first-order valence-corrected chi connectivity index (χ1v) is 8.13. The molecule has 0 saturated carbocycles. The smallest absolute Gasteiger partial charge is 0.341 e. The molecule has 0 aromatic heterocycles. The molecule has 2 aromatic rings. The van der Waals surface area contributed by atoms with Gasteiger partial charge in [-0.2, -0.15) is 0 Å². The van der Waals surface area contributed by atoms with Gasteiger partial charge < -0.3 is 25.0 Å². The number of rotatable bonds is 11. The number of aliphatic carboxylic acids is 1. The van der Waals surface area contributed by atoms with Crippen LogP contribution >= 0.6 is 12.4 Å². The van der Waals surface area contributed by atoms with Crippen molar-refractivity contribution in [1.29, 1.82) is 0 Å². The van der Waals surface area contributed by atoms with Gasteiger partial charge in [-0.05, 0) is 42.8 Å². The number of benzene rings is 2. The fourth-order valence-corrected chi connectivity index (χ4v) is 2.17. The van der Waals surface area contributed by atoms with Crippen LogP contribution in [0.15, 0.2) is 54.6 Å². The molecule has 0 spiro atoms. The Morgan fingerprint density at radius 3 is 2.31 bits per heavy atom. The fourth-order valence-electron chi connectivity index (χ4n) is 2.17. The van der Waals surface area contributed by atoms with Gasteiger partial charge in [0.2, 0.25) is 0 Å². The third-order valence-corrected chi connectivity index (χ3v) is 3.44. The molecule has 0 aliphatic carbocycles. The van der Waals surface area contributed by atoms with Gasteiger partial charge in [-0.1, -0.05) is 30.3 Å². The molecular formula is C19H24ClNO5. The van der Waals surface area contributed by atoms with E-state index >= 15 is 0 Å². The van der Waals surface area contributed by atoms with Crippen molar-refractivity contribution in [3.8, 4) is 11.5 Å². The molecule has 0 amide bonds. The van der Waals surface area contributed by atoms with Crippen LogP contribution in [0, 0.1) is 0 Å². The molecule has 1 atom stereocenters. The van der Waals surface area contributed by atoms with E-state index in [4.69, 9.17) is 14.6 Å². The molecule has 2 rings (SSSR count). The molecule has 0 saturated heterocycles. The van der Waals surface area contributed by atoms with E-state index in [-0.39, 0.29) is 25.6 Å². The lowest BCUT2D eigenvalue weighted by Gasteiger charge is -2.13. The third kappa shape index (κ3) is 8.71. The molecule has 3 N–H and O–H groups in total. The number of carboxylic acid groups (broad SMARTS) is 1. The lowest BCUT2D eigenvalue weighted by molar-refractivity contribution is -0.139. The van der Waals surface area contributed by atoms with Crippen LogP contribution in [0.5, 0.6) is 11.5 Å². The van der Waals surface area contributed by atoms with Gasteiger partial charge in [-0.3, -0.25) is 0 Å². The first-order valence-electron chi connectivity index (χ1n) is 8.13. The SMILES string of the molecule is Cl.O=C(O)COc1ccc(CCNC[C@H](O)COc2ccccc2)cc1. The number of halogens is 1. The Kier molecular flexibility index (Phi) is 10.2. The number of aliphatic hydroxyl groups excluding tert-OH is 1. The number of hydrogen-bond donors (Lipinski definition) is 3. The molecule has 0 bridgehead atoms. The highest BCUT2D eigenvalue weighted by Gasteiger charge is 2.05. The monoisotopic (exact) mass is 381 g/mol. The molecule has 0 aliphatic rings. The predicted molar refractivity (Wildman–Crippen MR) is 101 cm³/mol. The zero-order valence-electron chi connectivity index (χ0n) is 14.3. The summed E-state index contributed by atoms with van der Waals surface area (Å²) < 4.78 is 10.6.